The minimum atomic E-state index is -0.0199. The second kappa shape index (κ2) is 10.3. The van der Waals surface area contributed by atoms with Gasteiger partial charge in [0.15, 0.2) is 0 Å². The number of nitrogens with one attached hydrogen (secondary N) is 1. The van der Waals surface area contributed by atoms with E-state index in [0.29, 0.717) is 17.9 Å². The summed E-state index contributed by atoms with van der Waals surface area (Å²) in [7, 11) is 0. The Kier molecular flexibility index (Phi) is 7.28. The molecule has 2 aromatic rings. The zero-order valence-corrected chi connectivity index (χ0v) is 18.9. The predicted molar refractivity (Wildman–Crippen MR) is 120 cm³/mol. The maximum atomic E-state index is 12.8. The molecule has 1 aliphatic heterocycles. The Hall–Kier alpha value is -2.34. The first-order chi connectivity index (χ1) is 15.1. The number of aromatic nitrogens is 1. The van der Waals surface area contributed by atoms with Crippen molar-refractivity contribution < 1.29 is 14.1 Å². The van der Waals surface area contributed by atoms with Gasteiger partial charge in [-0.3, -0.25) is 4.79 Å². The number of hydrogen-bond donors (Lipinski definition) is 1. The van der Waals surface area contributed by atoms with Gasteiger partial charge in [-0.05, 0) is 63.6 Å². The number of benzene rings is 1. The van der Waals surface area contributed by atoms with E-state index in [0.717, 1.165) is 48.9 Å². The molecule has 0 bridgehead atoms. The summed E-state index contributed by atoms with van der Waals surface area (Å²) in [6.07, 6.45) is 9.06. The van der Waals surface area contributed by atoms with Gasteiger partial charge in [-0.15, -0.1) is 0 Å². The summed E-state index contributed by atoms with van der Waals surface area (Å²) in [6, 6.07) is 7.65. The number of piperidine rings is 1. The first-order valence-electron chi connectivity index (χ1n) is 11.8. The molecule has 1 aliphatic carbocycles. The van der Waals surface area contributed by atoms with Crippen molar-refractivity contribution in [2.75, 3.05) is 19.6 Å². The quantitative estimate of drug-likeness (QED) is 0.700. The van der Waals surface area contributed by atoms with E-state index in [-0.39, 0.29) is 11.9 Å². The Morgan fingerprint density at radius 1 is 1.16 bits per heavy atom. The van der Waals surface area contributed by atoms with E-state index < -0.39 is 0 Å². The van der Waals surface area contributed by atoms with Crippen LogP contribution in [0.15, 0.2) is 28.8 Å². The van der Waals surface area contributed by atoms with Crippen LogP contribution in [-0.2, 0) is 6.61 Å². The smallest absolute Gasteiger partial charge is 0.251 e. The average molecular weight is 426 g/mol. The van der Waals surface area contributed by atoms with E-state index in [1.165, 1.54) is 38.6 Å². The molecule has 0 unspecified atom stereocenters. The zero-order chi connectivity index (χ0) is 21.6. The van der Waals surface area contributed by atoms with E-state index in [9.17, 15) is 4.79 Å². The largest absolute Gasteiger partial charge is 0.489 e. The van der Waals surface area contributed by atoms with Gasteiger partial charge in [0.2, 0.25) is 0 Å². The molecule has 2 fully saturated rings. The molecule has 1 saturated carbocycles. The summed E-state index contributed by atoms with van der Waals surface area (Å²) in [5.41, 5.74) is 2.43. The highest BCUT2D eigenvalue weighted by molar-refractivity contribution is 5.94. The first kappa shape index (κ1) is 21.9. The van der Waals surface area contributed by atoms with E-state index in [2.05, 4.69) is 15.4 Å². The van der Waals surface area contributed by atoms with Gasteiger partial charge in [0.1, 0.15) is 18.1 Å². The SMILES string of the molecule is Cc1noc(C)c1COc1cccc(C(=O)NC2CCN(CC3CCCCC3)CC2)c1. The number of amides is 1. The summed E-state index contributed by atoms with van der Waals surface area (Å²) >= 11 is 0. The lowest BCUT2D eigenvalue weighted by Crippen LogP contribution is -2.45. The lowest BCUT2D eigenvalue weighted by atomic mass is 9.88. The number of hydrogen-bond acceptors (Lipinski definition) is 5. The molecule has 31 heavy (non-hydrogen) atoms. The van der Waals surface area contributed by atoms with Crippen molar-refractivity contribution in [1.29, 1.82) is 0 Å². The zero-order valence-electron chi connectivity index (χ0n) is 18.9. The maximum Gasteiger partial charge on any atom is 0.251 e. The van der Waals surface area contributed by atoms with Crippen molar-refractivity contribution in [3.63, 3.8) is 0 Å². The van der Waals surface area contributed by atoms with Crippen LogP contribution in [0, 0.1) is 19.8 Å². The van der Waals surface area contributed by atoms with Gasteiger partial charge in [-0.1, -0.05) is 30.5 Å². The summed E-state index contributed by atoms with van der Waals surface area (Å²) < 4.78 is 11.1. The molecule has 168 valence electrons. The van der Waals surface area contributed by atoms with Gasteiger partial charge in [0.05, 0.1) is 11.3 Å². The Balaban J connectivity index is 1.25. The molecule has 1 N–H and O–H groups in total. The van der Waals surface area contributed by atoms with Crippen LogP contribution in [0.4, 0.5) is 0 Å². The van der Waals surface area contributed by atoms with Crippen molar-refractivity contribution in [3.05, 3.63) is 46.8 Å². The van der Waals surface area contributed by atoms with E-state index in [1.807, 2.05) is 38.1 Å². The molecule has 0 radical (unpaired) electrons. The van der Waals surface area contributed by atoms with Crippen LogP contribution >= 0.6 is 0 Å². The highest BCUT2D eigenvalue weighted by Crippen LogP contribution is 2.25. The highest BCUT2D eigenvalue weighted by atomic mass is 16.5. The Morgan fingerprint density at radius 2 is 1.94 bits per heavy atom. The summed E-state index contributed by atoms with van der Waals surface area (Å²) in [5, 5.41) is 7.18. The third-order valence-electron chi connectivity index (χ3n) is 6.82. The van der Waals surface area contributed by atoms with Crippen LogP contribution in [-0.4, -0.2) is 41.6 Å². The number of nitrogens with zero attached hydrogens (tertiary/aromatic N) is 2. The average Bonchev–Trinajstić information content (AvgIpc) is 3.12. The van der Waals surface area contributed by atoms with E-state index >= 15 is 0 Å². The molecule has 6 nitrogen and oxygen atoms in total. The minimum absolute atomic E-state index is 0.0199. The van der Waals surface area contributed by atoms with Crippen LogP contribution in [0.5, 0.6) is 5.75 Å². The number of ether oxygens (including phenoxy) is 1. The minimum Gasteiger partial charge on any atom is -0.489 e. The maximum absolute atomic E-state index is 12.8. The van der Waals surface area contributed by atoms with Gasteiger partial charge in [-0.2, -0.15) is 0 Å². The normalized spacial score (nSPS) is 18.8. The Labute approximate surface area is 185 Å². The van der Waals surface area contributed by atoms with Crippen molar-refractivity contribution >= 4 is 5.91 Å². The Bertz CT molecular complexity index is 845. The summed E-state index contributed by atoms with van der Waals surface area (Å²) in [4.78, 5) is 15.4. The molecule has 0 atom stereocenters. The van der Waals surface area contributed by atoms with Crippen LogP contribution < -0.4 is 10.1 Å². The summed E-state index contributed by atoms with van der Waals surface area (Å²) in [6.45, 7) is 7.57. The lowest BCUT2D eigenvalue weighted by Gasteiger charge is -2.35. The van der Waals surface area contributed by atoms with Gasteiger partial charge >= 0.3 is 0 Å². The molecule has 2 aliphatic rings. The molecule has 1 aromatic heterocycles. The van der Waals surface area contributed by atoms with Gasteiger partial charge < -0.3 is 19.5 Å². The van der Waals surface area contributed by atoms with Crippen LogP contribution in [0.2, 0.25) is 0 Å². The molecule has 1 aromatic carbocycles. The molecule has 0 spiro atoms. The first-order valence-corrected chi connectivity index (χ1v) is 11.8. The highest BCUT2D eigenvalue weighted by Gasteiger charge is 2.24. The predicted octanol–water partition coefficient (Wildman–Crippen LogP) is 4.64. The third-order valence-corrected chi connectivity index (χ3v) is 6.82. The lowest BCUT2D eigenvalue weighted by molar-refractivity contribution is 0.0901. The van der Waals surface area contributed by atoms with Gasteiger partial charge in [0.25, 0.3) is 5.91 Å². The van der Waals surface area contributed by atoms with Crippen molar-refractivity contribution in [1.82, 2.24) is 15.4 Å². The monoisotopic (exact) mass is 425 g/mol. The molecular weight excluding hydrogens is 390 g/mol. The fourth-order valence-corrected chi connectivity index (χ4v) is 4.85. The molecular formula is C25H35N3O3. The van der Waals surface area contributed by atoms with E-state index in [4.69, 9.17) is 9.26 Å². The Morgan fingerprint density at radius 3 is 2.65 bits per heavy atom. The number of rotatable bonds is 7. The second-order valence-corrected chi connectivity index (χ2v) is 9.17. The second-order valence-electron chi connectivity index (χ2n) is 9.17. The fourth-order valence-electron chi connectivity index (χ4n) is 4.85. The van der Waals surface area contributed by atoms with Crippen LogP contribution in [0.3, 0.4) is 0 Å². The van der Waals surface area contributed by atoms with Gasteiger partial charge in [0, 0.05) is 31.2 Å². The summed E-state index contributed by atoms with van der Waals surface area (Å²) in [5.74, 6) is 2.30. The van der Waals surface area contributed by atoms with Crippen molar-refractivity contribution in [2.45, 2.75) is 71.4 Å². The standard InChI is InChI=1S/C25H35N3O3/c1-18-24(19(2)31-27-18)17-30-23-10-6-9-21(15-23)25(29)26-22-11-13-28(14-12-22)16-20-7-4-3-5-8-20/h6,9-10,15,20,22H,3-5,7-8,11-14,16-17H2,1-2H3,(H,26,29). The van der Waals surface area contributed by atoms with Crippen molar-refractivity contribution in [2.24, 2.45) is 5.92 Å². The molecule has 4 rings (SSSR count). The van der Waals surface area contributed by atoms with Crippen molar-refractivity contribution in [3.8, 4) is 5.75 Å². The van der Waals surface area contributed by atoms with Gasteiger partial charge in [-0.25, -0.2) is 0 Å². The number of likely N-dealkylation sites (tertiary alicyclic amines) is 1. The molecule has 6 heteroatoms. The van der Waals surface area contributed by atoms with Crippen LogP contribution in [0.1, 0.15) is 72.3 Å². The molecule has 1 saturated heterocycles. The number of carbonyl (C=O) groups is 1. The number of aryl methyl sites for hydroxylation is 2. The van der Waals surface area contributed by atoms with E-state index in [1.54, 1.807) is 0 Å². The molecule has 2 heterocycles. The fraction of sp³-hybridized carbons (Fsp3) is 0.600. The molecule has 1 amide bonds. The number of carbonyl (C=O) groups excluding carboxylic acids is 1. The third kappa shape index (κ3) is 5.88. The topological polar surface area (TPSA) is 67.6 Å². The van der Waals surface area contributed by atoms with Crippen LogP contribution in [0.25, 0.3) is 0 Å².